The molecule has 1 aromatic rings. The molecule has 1 aliphatic heterocycles. The lowest BCUT2D eigenvalue weighted by molar-refractivity contribution is -0.0855. The third-order valence-corrected chi connectivity index (χ3v) is 3.59. The fourth-order valence-electron chi connectivity index (χ4n) is 2.28. The second-order valence-corrected chi connectivity index (χ2v) is 6.29. The van der Waals surface area contributed by atoms with Gasteiger partial charge in [-0.15, -0.1) is 0 Å². The van der Waals surface area contributed by atoms with Crippen LogP contribution in [0.4, 0.5) is 0 Å². The van der Waals surface area contributed by atoms with Crippen LogP contribution in [0, 0.1) is 0 Å². The number of carbonyl (C=O) groups is 1. The minimum Gasteiger partial charge on any atom is -0.390 e. The highest BCUT2D eigenvalue weighted by molar-refractivity contribution is 5.94. The van der Waals surface area contributed by atoms with E-state index in [1.54, 1.807) is 19.9 Å². The van der Waals surface area contributed by atoms with E-state index < -0.39 is 5.60 Å². The topological polar surface area (TPSA) is 67.8 Å². The Labute approximate surface area is 131 Å². The average Bonchev–Trinajstić information content (AvgIpc) is 2.51. The highest BCUT2D eigenvalue weighted by Crippen LogP contribution is 2.14. The van der Waals surface area contributed by atoms with Crippen LogP contribution in [0.5, 0.6) is 0 Å². The second kappa shape index (κ2) is 7.72. The van der Waals surface area contributed by atoms with Crippen LogP contribution in [0.15, 0.2) is 24.3 Å². The Balaban J connectivity index is 1.86. The maximum absolute atomic E-state index is 12.2. The van der Waals surface area contributed by atoms with Crippen molar-refractivity contribution in [3.8, 4) is 0 Å². The first-order valence-corrected chi connectivity index (χ1v) is 7.73. The van der Waals surface area contributed by atoms with Crippen molar-refractivity contribution < 1.29 is 19.4 Å². The van der Waals surface area contributed by atoms with Crippen LogP contribution in [0.1, 0.15) is 36.2 Å². The Bertz CT molecular complexity index is 490. The lowest BCUT2D eigenvalue weighted by Crippen LogP contribution is -2.39. The van der Waals surface area contributed by atoms with Gasteiger partial charge >= 0.3 is 0 Å². The first-order valence-electron chi connectivity index (χ1n) is 7.73. The lowest BCUT2D eigenvalue weighted by atomic mass is 9.98. The highest BCUT2D eigenvalue weighted by Gasteiger charge is 2.16. The molecule has 0 bridgehead atoms. The smallest absolute Gasteiger partial charge is 0.251 e. The van der Waals surface area contributed by atoms with E-state index in [1.165, 1.54) is 0 Å². The molecule has 1 aliphatic rings. The quantitative estimate of drug-likeness (QED) is 0.836. The summed E-state index contributed by atoms with van der Waals surface area (Å²) >= 11 is 0. The van der Waals surface area contributed by atoms with Crippen LogP contribution in [-0.4, -0.2) is 49.1 Å². The SMILES string of the molecule is CC(C)(O)CCc1cccc(C(=O)NCC2COCCO2)c1. The van der Waals surface area contributed by atoms with E-state index in [1.807, 2.05) is 18.2 Å². The van der Waals surface area contributed by atoms with Gasteiger partial charge in [0, 0.05) is 12.1 Å². The number of aliphatic hydroxyl groups is 1. The Hall–Kier alpha value is -1.43. The van der Waals surface area contributed by atoms with Crippen molar-refractivity contribution in [2.75, 3.05) is 26.4 Å². The first-order chi connectivity index (χ1) is 10.4. The molecule has 22 heavy (non-hydrogen) atoms. The highest BCUT2D eigenvalue weighted by atomic mass is 16.6. The molecule has 0 aromatic heterocycles. The van der Waals surface area contributed by atoms with Gasteiger partial charge in [0.05, 0.1) is 31.5 Å². The molecular weight excluding hydrogens is 282 g/mol. The summed E-state index contributed by atoms with van der Waals surface area (Å²) < 4.78 is 10.8. The summed E-state index contributed by atoms with van der Waals surface area (Å²) in [6.07, 6.45) is 1.33. The number of amides is 1. The Morgan fingerprint density at radius 1 is 1.41 bits per heavy atom. The Morgan fingerprint density at radius 3 is 2.91 bits per heavy atom. The average molecular weight is 307 g/mol. The molecule has 1 unspecified atom stereocenters. The summed E-state index contributed by atoms with van der Waals surface area (Å²) in [6, 6.07) is 7.51. The van der Waals surface area contributed by atoms with Crippen molar-refractivity contribution >= 4 is 5.91 Å². The molecule has 2 N–H and O–H groups in total. The summed E-state index contributed by atoms with van der Waals surface area (Å²) in [7, 11) is 0. The summed E-state index contributed by atoms with van der Waals surface area (Å²) in [5.41, 5.74) is 0.980. The largest absolute Gasteiger partial charge is 0.390 e. The van der Waals surface area contributed by atoms with Gasteiger partial charge in [0.2, 0.25) is 0 Å². The zero-order valence-corrected chi connectivity index (χ0v) is 13.3. The van der Waals surface area contributed by atoms with E-state index in [2.05, 4.69) is 5.32 Å². The van der Waals surface area contributed by atoms with Gasteiger partial charge in [-0.1, -0.05) is 12.1 Å². The minimum absolute atomic E-state index is 0.0731. The maximum atomic E-state index is 12.2. The third-order valence-electron chi connectivity index (χ3n) is 3.59. The Kier molecular flexibility index (Phi) is 5.94. The predicted octanol–water partition coefficient (Wildman–Crippen LogP) is 1.54. The molecule has 1 heterocycles. The van der Waals surface area contributed by atoms with Crippen molar-refractivity contribution in [1.29, 1.82) is 0 Å². The van der Waals surface area contributed by atoms with Crippen LogP contribution >= 0.6 is 0 Å². The molecule has 5 nitrogen and oxygen atoms in total. The summed E-state index contributed by atoms with van der Waals surface area (Å²) in [4.78, 5) is 12.2. The standard InChI is InChI=1S/C17H25NO4/c1-17(2,20)7-6-13-4-3-5-14(10-13)16(19)18-11-15-12-21-8-9-22-15/h3-5,10,15,20H,6-9,11-12H2,1-2H3,(H,18,19). The molecule has 1 fully saturated rings. The van der Waals surface area contributed by atoms with Gasteiger partial charge in [0.25, 0.3) is 5.91 Å². The number of nitrogens with one attached hydrogen (secondary N) is 1. The number of hydrogen-bond acceptors (Lipinski definition) is 4. The van der Waals surface area contributed by atoms with E-state index in [9.17, 15) is 9.90 Å². The molecule has 1 atom stereocenters. The van der Waals surface area contributed by atoms with Gasteiger partial charge in [0.1, 0.15) is 0 Å². The fourth-order valence-corrected chi connectivity index (χ4v) is 2.28. The molecule has 0 spiro atoms. The lowest BCUT2D eigenvalue weighted by Gasteiger charge is -2.23. The zero-order valence-electron chi connectivity index (χ0n) is 13.3. The van der Waals surface area contributed by atoms with Crippen molar-refractivity contribution in [3.63, 3.8) is 0 Å². The molecule has 1 amide bonds. The van der Waals surface area contributed by atoms with Gasteiger partial charge < -0.3 is 19.9 Å². The zero-order chi connectivity index (χ0) is 16.0. The summed E-state index contributed by atoms with van der Waals surface area (Å²) in [5, 5.41) is 12.7. The van der Waals surface area contributed by atoms with Crippen LogP contribution < -0.4 is 5.32 Å². The Morgan fingerprint density at radius 2 is 2.23 bits per heavy atom. The maximum Gasteiger partial charge on any atom is 0.251 e. The molecule has 5 heteroatoms. The van der Waals surface area contributed by atoms with E-state index in [4.69, 9.17) is 9.47 Å². The number of hydrogen-bond donors (Lipinski definition) is 2. The van der Waals surface area contributed by atoms with Crippen LogP contribution in [0.2, 0.25) is 0 Å². The van der Waals surface area contributed by atoms with Gasteiger partial charge in [-0.2, -0.15) is 0 Å². The molecule has 2 rings (SSSR count). The molecule has 0 radical (unpaired) electrons. The molecule has 0 aliphatic carbocycles. The summed E-state index contributed by atoms with van der Waals surface area (Å²) in [6.45, 7) is 5.74. The van der Waals surface area contributed by atoms with Crippen LogP contribution in [-0.2, 0) is 15.9 Å². The molecule has 122 valence electrons. The molecule has 0 saturated carbocycles. The van der Waals surface area contributed by atoms with Gasteiger partial charge in [-0.3, -0.25) is 4.79 Å². The molecule has 1 saturated heterocycles. The van der Waals surface area contributed by atoms with E-state index in [-0.39, 0.29) is 12.0 Å². The first kappa shape index (κ1) is 16.9. The van der Waals surface area contributed by atoms with Crippen molar-refractivity contribution in [2.45, 2.75) is 38.4 Å². The number of ether oxygens (including phenoxy) is 2. The normalized spacial score (nSPS) is 19.0. The number of carbonyl (C=O) groups excluding carboxylic acids is 1. The van der Waals surface area contributed by atoms with E-state index in [0.29, 0.717) is 38.3 Å². The fraction of sp³-hybridized carbons (Fsp3) is 0.588. The van der Waals surface area contributed by atoms with Gasteiger partial charge in [-0.25, -0.2) is 0 Å². The van der Waals surface area contributed by atoms with Crippen LogP contribution in [0.25, 0.3) is 0 Å². The monoisotopic (exact) mass is 307 g/mol. The summed E-state index contributed by atoms with van der Waals surface area (Å²) in [5.74, 6) is -0.112. The van der Waals surface area contributed by atoms with Crippen LogP contribution in [0.3, 0.4) is 0 Å². The number of aryl methyl sites for hydroxylation is 1. The second-order valence-electron chi connectivity index (χ2n) is 6.29. The predicted molar refractivity (Wildman–Crippen MR) is 84.0 cm³/mol. The minimum atomic E-state index is -0.698. The van der Waals surface area contributed by atoms with Crippen molar-refractivity contribution in [2.24, 2.45) is 0 Å². The van der Waals surface area contributed by atoms with Crippen molar-refractivity contribution in [3.05, 3.63) is 35.4 Å². The van der Waals surface area contributed by atoms with Gasteiger partial charge in [-0.05, 0) is 44.4 Å². The molecular formula is C17H25NO4. The van der Waals surface area contributed by atoms with Gasteiger partial charge in [0.15, 0.2) is 0 Å². The van der Waals surface area contributed by atoms with Crippen molar-refractivity contribution in [1.82, 2.24) is 5.32 Å². The number of benzene rings is 1. The van der Waals surface area contributed by atoms with E-state index in [0.717, 1.165) is 12.0 Å². The van der Waals surface area contributed by atoms with E-state index >= 15 is 0 Å². The number of rotatable bonds is 6. The third kappa shape index (κ3) is 5.75. The molecule has 1 aromatic carbocycles.